The van der Waals surface area contributed by atoms with Gasteiger partial charge in [-0.1, -0.05) is 18.2 Å². The van der Waals surface area contributed by atoms with E-state index in [-0.39, 0.29) is 0 Å². The first-order chi connectivity index (χ1) is 7.22. The minimum Gasteiger partial charge on any atom is -0.384 e. The number of benzene rings is 1. The number of nitrogens with two attached hydrogens (primary N) is 2. The van der Waals surface area contributed by atoms with Crippen molar-refractivity contribution < 1.29 is 0 Å². The molecular weight excluding hydrogens is 188 g/mol. The average Bonchev–Trinajstić information content (AvgIpc) is 2.57. The third kappa shape index (κ3) is 1.71. The summed E-state index contributed by atoms with van der Waals surface area (Å²) in [6.45, 7) is 2.40. The lowest BCUT2D eigenvalue weighted by Gasteiger charge is -2.08. The Morgan fingerprint density at radius 2 is 2.07 bits per heavy atom. The Morgan fingerprint density at radius 1 is 1.33 bits per heavy atom. The van der Waals surface area contributed by atoms with Crippen molar-refractivity contribution in [3.8, 4) is 5.69 Å². The zero-order valence-electron chi connectivity index (χ0n) is 8.64. The van der Waals surface area contributed by atoms with Crippen LogP contribution in [0.4, 0.5) is 5.82 Å². The minimum absolute atomic E-state index is 0.481. The lowest BCUT2D eigenvalue weighted by atomic mass is 10.2. The van der Waals surface area contributed by atoms with E-state index in [4.69, 9.17) is 11.5 Å². The maximum absolute atomic E-state index is 5.86. The van der Waals surface area contributed by atoms with Gasteiger partial charge < -0.3 is 11.5 Å². The van der Waals surface area contributed by atoms with E-state index in [1.54, 1.807) is 4.68 Å². The molecule has 0 atom stereocenters. The van der Waals surface area contributed by atoms with Crippen molar-refractivity contribution in [1.82, 2.24) is 9.78 Å². The number of nitrogen functional groups attached to an aromatic ring is 1. The number of para-hydroxylation sites is 1. The number of anilines is 1. The van der Waals surface area contributed by atoms with E-state index in [2.05, 4.69) is 5.10 Å². The number of aromatic nitrogens is 2. The number of nitrogens with zero attached hydrogens (tertiary/aromatic N) is 2. The van der Waals surface area contributed by atoms with E-state index in [1.165, 1.54) is 0 Å². The quantitative estimate of drug-likeness (QED) is 0.769. The van der Waals surface area contributed by atoms with E-state index in [0.717, 1.165) is 16.9 Å². The summed E-state index contributed by atoms with van der Waals surface area (Å²) in [4.78, 5) is 0. The molecule has 2 aromatic rings. The molecule has 0 fully saturated rings. The summed E-state index contributed by atoms with van der Waals surface area (Å²) in [5.74, 6) is 0.633. The Bertz CT molecular complexity index is 473. The highest BCUT2D eigenvalue weighted by molar-refractivity contribution is 5.47. The van der Waals surface area contributed by atoms with Crippen molar-refractivity contribution in [1.29, 1.82) is 0 Å². The predicted octanol–water partition coefficient (Wildman–Crippen LogP) is 1.22. The maximum atomic E-state index is 5.86. The Morgan fingerprint density at radius 3 is 2.67 bits per heavy atom. The van der Waals surface area contributed by atoms with Crippen LogP contribution in [0.25, 0.3) is 5.69 Å². The molecule has 0 bridgehead atoms. The molecule has 78 valence electrons. The normalized spacial score (nSPS) is 10.5. The summed E-state index contributed by atoms with van der Waals surface area (Å²) < 4.78 is 1.72. The van der Waals surface area contributed by atoms with Crippen molar-refractivity contribution in [3.63, 3.8) is 0 Å². The lowest BCUT2D eigenvalue weighted by Crippen LogP contribution is -2.07. The second-order valence-corrected chi connectivity index (χ2v) is 3.46. The van der Waals surface area contributed by atoms with Gasteiger partial charge in [-0.25, -0.2) is 4.68 Å². The smallest absolute Gasteiger partial charge is 0.127 e. The topological polar surface area (TPSA) is 69.9 Å². The van der Waals surface area contributed by atoms with Crippen molar-refractivity contribution >= 4 is 5.82 Å². The summed E-state index contributed by atoms with van der Waals surface area (Å²) in [7, 11) is 0. The molecule has 1 heterocycles. The third-order valence-electron chi connectivity index (χ3n) is 2.30. The highest BCUT2D eigenvalue weighted by Gasteiger charge is 2.07. The van der Waals surface area contributed by atoms with Crippen LogP contribution >= 0.6 is 0 Å². The van der Waals surface area contributed by atoms with Crippen LogP contribution in [-0.2, 0) is 6.54 Å². The molecule has 0 amide bonds. The Balaban J connectivity index is 2.58. The molecule has 4 N–H and O–H groups in total. The lowest BCUT2D eigenvalue weighted by molar-refractivity contribution is 0.853. The van der Waals surface area contributed by atoms with E-state index in [0.29, 0.717) is 12.4 Å². The molecule has 1 aromatic carbocycles. The Hall–Kier alpha value is -1.81. The molecule has 2 rings (SSSR count). The first kappa shape index (κ1) is 9.73. The summed E-state index contributed by atoms with van der Waals surface area (Å²) in [6.07, 6.45) is 0. The second-order valence-electron chi connectivity index (χ2n) is 3.46. The van der Waals surface area contributed by atoms with Crippen LogP contribution in [0.15, 0.2) is 30.3 Å². The number of rotatable bonds is 2. The van der Waals surface area contributed by atoms with E-state index < -0.39 is 0 Å². The van der Waals surface area contributed by atoms with Crippen LogP contribution in [0.3, 0.4) is 0 Å². The van der Waals surface area contributed by atoms with Gasteiger partial charge >= 0.3 is 0 Å². The molecule has 1 aromatic heterocycles. The van der Waals surface area contributed by atoms with Crippen molar-refractivity contribution in [2.75, 3.05) is 5.73 Å². The van der Waals surface area contributed by atoms with Gasteiger partial charge in [0.05, 0.1) is 11.4 Å². The van der Waals surface area contributed by atoms with Crippen LogP contribution in [-0.4, -0.2) is 9.78 Å². The van der Waals surface area contributed by atoms with Gasteiger partial charge in [0, 0.05) is 12.6 Å². The molecular formula is C11H14N4. The highest BCUT2D eigenvalue weighted by atomic mass is 15.3. The zero-order valence-corrected chi connectivity index (χ0v) is 8.64. The van der Waals surface area contributed by atoms with Gasteiger partial charge in [0.1, 0.15) is 5.82 Å². The summed E-state index contributed by atoms with van der Waals surface area (Å²) in [5.41, 5.74) is 14.4. The second kappa shape index (κ2) is 3.74. The molecule has 15 heavy (non-hydrogen) atoms. The van der Waals surface area contributed by atoms with Crippen molar-refractivity contribution in [2.24, 2.45) is 5.73 Å². The predicted molar refractivity (Wildman–Crippen MR) is 60.6 cm³/mol. The van der Waals surface area contributed by atoms with Crippen LogP contribution < -0.4 is 11.5 Å². The van der Waals surface area contributed by atoms with Gasteiger partial charge in [-0.2, -0.15) is 5.10 Å². The number of hydrogen-bond donors (Lipinski definition) is 2. The van der Waals surface area contributed by atoms with E-state index in [1.807, 2.05) is 37.3 Å². The molecule has 0 aliphatic rings. The molecule has 0 aliphatic heterocycles. The molecule has 4 heteroatoms. The van der Waals surface area contributed by atoms with Gasteiger partial charge in [-0.15, -0.1) is 0 Å². The van der Waals surface area contributed by atoms with Crippen LogP contribution in [0, 0.1) is 6.92 Å². The third-order valence-corrected chi connectivity index (χ3v) is 2.30. The van der Waals surface area contributed by atoms with Gasteiger partial charge in [-0.05, 0) is 18.6 Å². The van der Waals surface area contributed by atoms with Crippen molar-refractivity contribution in [2.45, 2.75) is 13.5 Å². The maximum Gasteiger partial charge on any atom is 0.127 e. The van der Waals surface area contributed by atoms with Crippen LogP contribution in [0.1, 0.15) is 11.3 Å². The Kier molecular flexibility index (Phi) is 2.43. The molecule has 0 saturated heterocycles. The molecule has 0 saturated carbocycles. The molecule has 0 spiro atoms. The monoisotopic (exact) mass is 202 g/mol. The van der Waals surface area contributed by atoms with Crippen LogP contribution in [0.2, 0.25) is 0 Å². The van der Waals surface area contributed by atoms with Crippen molar-refractivity contribution in [3.05, 3.63) is 41.6 Å². The summed E-state index contributed by atoms with van der Waals surface area (Å²) in [6, 6.07) is 9.69. The Labute approximate surface area is 88.5 Å². The van der Waals surface area contributed by atoms with Gasteiger partial charge in [0.2, 0.25) is 0 Å². The number of hydrogen-bond acceptors (Lipinski definition) is 3. The highest BCUT2D eigenvalue weighted by Crippen LogP contribution is 2.17. The first-order valence-corrected chi connectivity index (χ1v) is 4.83. The van der Waals surface area contributed by atoms with E-state index in [9.17, 15) is 0 Å². The molecule has 0 aliphatic carbocycles. The fourth-order valence-corrected chi connectivity index (χ4v) is 1.60. The summed E-state index contributed by atoms with van der Waals surface area (Å²) in [5, 5.41) is 4.33. The van der Waals surface area contributed by atoms with Gasteiger partial charge in [0.25, 0.3) is 0 Å². The number of aryl methyl sites for hydroxylation is 1. The van der Waals surface area contributed by atoms with Gasteiger partial charge in [-0.3, -0.25) is 0 Å². The fraction of sp³-hybridized carbons (Fsp3) is 0.182. The SMILES string of the molecule is Cc1cc(N)n(-c2ccccc2CN)n1. The largest absolute Gasteiger partial charge is 0.384 e. The standard InChI is InChI=1S/C11H14N4/c1-8-6-11(13)15(14-8)10-5-3-2-4-9(10)7-12/h2-6H,7,12-13H2,1H3. The summed E-state index contributed by atoms with van der Waals surface area (Å²) >= 11 is 0. The fourth-order valence-electron chi connectivity index (χ4n) is 1.60. The molecule has 4 nitrogen and oxygen atoms in total. The van der Waals surface area contributed by atoms with Gasteiger partial charge in [0.15, 0.2) is 0 Å². The minimum atomic E-state index is 0.481. The zero-order chi connectivity index (χ0) is 10.8. The molecule has 0 radical (unpaired) electrons. The molecule has 0 unspecified atom stereocenters. The van der Waals surface area contributed by atoms with E-state index >= 15 is 0 Å². The average molecular weight is 202 g/mol. The van der Waals surface area contributed by atoms with Crippen LogP contribution in [0.5, 0.6) is 0 Å². The first-order valence-electron chi connectivity index (χ1n) is 4.83.